The van der Waals surface area contributed by atoms with Crippen LogP contribution in [0, 0.1) is 0 Å². The van der Waals surface area contributed by atoms with E-state index in [1.54, 1.807) is 11.3 Å². The van der Waals surface area contributed by atoms with Gasteiger partial charge in [-0.05, 0) is 32.4 Å². The largest absolute Gasteiger partial charge is 0.487 e. The van der Waals surface area contributed by atoms with Crippen LogP contribution in [0.25, 0.3) is 0 Å². The van der Waals surface area contributed by atoms with E-state index in [4.69, 9.17) is 16.3 Å². The highest BCUT2D eigenvalue weighted by molar-refractivity contribution is 7.11. The molecule has 0 radical (unpaired) electrons. The molecular formula is C18H25ClN4OS. The van der Waals surface area contributed by atoms with Gasteiger partial charge in [0.15, 0.2) is 5.96 Å². The van der Waals surface area contributed by atoms with Crippen molar-refractivity contribution in [2.24, 2.45) is 4.99 Å². The van der Waals surface area contributed by atoms with Crippen molar-refractivity contribution < 1.29 is 4.74 Å². The summed E-state index contributed by atoms with van der Waals surface area (Å²) in [5.74, 6) is 1.45. The standard InChI is InChI=1S/C18H25ClN4OS/c1-4-14-11-21-17(25-14)12-23-18(20-5-2)22-10-13(3)24-16-9-7-6-8-15(16)19/h6-9,11,13H,4-5,10,12H2,1-3H3,(H2,20,22,23). The van der Waals surface area contributed by atoms with Gasteiger partial charge in [0.25, 0.3) is 0 Å². The van der Waals surface area contributed by atoms with Crippen molar-refractivity contribution in [1.82, 2.24) is 15.6 Å². The molecule has 0 saturated heterocycles. The fourth-order valence-electron chi connectivity index (χ4n) is 2.11. The first kappa shape index (κ1) is 19.5. The van der Waals surface area contributed by atoms with E-state index in [0.29, 0.717) is 23.9 Å². The normalized spacial score (nSPS) is 12.7. The lowest BCUT2D eigenvalue weighted by molar-refractivity contribution is 0.224. The third-order valence-corrected chi connectivity index (χ3v) is 4.83. The Bertz CT molecular complexity index is 689. The van der Waals surface area contributed by atoms with Crippen LogP contribution in [-0.4, -0.2) is 30.1 Å². The Morgan fingerprint density at radius 1 is 1.32 bits per heavy atom. The van der Waals surface area contributed by atoms with Crippen LogP contribution < -0.4 is 15.4 Å². The van der Waals surface area contributed by atoms with E-state index in [1.165, 1.54) is 4.88 Å². The van der Waals surface area contributed by atoms with Crippen LogP contribution in [0.1, 0.15) is 30.7 Å². The second-order valence-corrected chi connectivity index (χ2v) is 7.12. The Labute approximate surface area is 158 Å². The summed E-state index contributed by atoms with van der Waals surface area (Å²) >= 11 is 7.83. The lowest BCUT2D eigenvalue weighted by Gasteiger charge is -2.18. The molecule has 1 aromatic carbocycles. The third-order valence-electron chi connectivity index (χ3n) is 3.39. The van der Waals surface area contributed by atoms with Crippen LogP contribution in [0.3, 0.4) is 0 Å². The highest BCUT2D eigenvalue weighted by Crippen LogP contribution is 2.24. The van der Waals surface area contributed by atoms with E-state index >= 15 is 0 Å². The summed E-state index contributed by atoms with van der Waals surface area (Å²) in [5.41, 5.74) is 0. The molecule has 0 fully saturated rings. The highest BCUT2D eigenvalue weighted by Gasteiger charge is 2.08. The molecule has 136 valence electrons. The van der Waals surface area contributed by atoms with Crippen molar-refractivity contribution in [1.29, 1.82) is 0 Å². The first-order chi connectivity index (χ1) is 12.1. The molecule has 1 unspecified atom stereocenters. The molecule has 0 aliphatic heterocycles. The summed E-state index contributed by atoms with van der Waals surface area (Å²) in [7, 11) is 0. The van der Waals surface area contributed by atoms with Gasteiger partial charge in [-0.3, -0.25) is 0 Å². The molecule has 0 amide bonds. The van der Waals surface area contributed by atoms with Crippen LogP contribution in [0.2, 0.25) is 5.02 Å². The number of guanidine groups is 1. The predicted molar refractivity (Wildman–Crippen MR) is 106 cm³/mol. The number of aromatic nitrogens is 1. The van der Waals surface area contributed by atoms with E-state index in [9.17, 15) is 0 Å². The van der Waals surface area contributed by atoms with Gasteiger partial charge < -0.3 is 15.4 Å². The SMILES string of the molecule is CCNC(=NCc1ncc(CC)s1)NCC(C)Oc1ccccc1Cl. The summed E-state index contributed by atoms with van der Waals surface area (Å²) in [6, 6.07) is 7.48. The van der Waals surface area contributed by atoms with E-state index in [2.05, 4.69) is 27.5 Å². The van der Waals surface area contributed by atoms with Gasteiger partial charge in [0.05, 0.1) is 18.1 Å². The van der Waals surface area contributed by atoms with Gasteiger partial charge >= 0.3 is 0 Å². The number of hydrogen-bond donors (Lipinski definition) is 2. The van der Waals surface area contributed by atoms with Gasteiger partial charge in [0.1, 0.15) is 16.9 Å². The number of thiazole rings is 1. The monoisotopic (exact) mass is 380 g/mol. The van der Waals surface area contributed by atoms with Crippen LogP contribution >= 0.6 is 22.9 Å². The summed E-state index contributed by atoms with van der Waals surface area (Å²) in [6.45, 7) is 8.15. The summed E-state index contributed by atoms with van der Waals surface area (Å²) in [5, 5.41) is 8.18. The molecule has 2 aromatic rings. The summed E-state index contributed by atoms with van der Waals surface area (Å²) in [6.07, 6.45) is 2.89. The zero-order valence-electron chi connectivity index (χ0n) is 14.9. The quantitative estimate of drug-likeness (QED) is 0.539. The zero-order valence-corrected chi connectivity index (χ0v) is 16.5. The summed E-state index contributed by atoms with van der Waals surface area (Å²) < 4.78 is 5.87. The molecule has 0 spiro atoms. The van der Waals surface area contributed by atoms with E-state index in [0.717, 1.165) is 23.9 Å². The van der Waals surface area contributed by atoms with Crippen LogP contribution in [-0.2, 0) is 13.0 Å². The maximum atomic E-state index is 6.12. The van der Waals surface area contributed by atoms with Crippen LogP contribution in [0.4, 0.5) is 0 Å². The minimum atomic E-state index is -0.0460. The molecule has 0 aliphatic rings. The van der Waals surface area contributed by atoms with E-state index in [1.807, 2.05) is 44.3 Å². The number of benzene rings is 1. The van der Waals surface area contributed by atoms with Gasteiger partial charge in [-0.25, -0.2) is 9.98 Å². The lowest BCUT2D eigenvalue weighted by Crippen LogP contribution is -2.41. The predicted octanol–water partition coefficient (Wildman–Crippen LogP) is 3.88. The first-order valence-electron chi connectivity index (χ1n) is 8.49. The number of rotatable bonds is 8. The maximum absolute atomic E-state index is 6.12. The fourth-order valence-corrected chi connectivity index (χ4v) is 3.08. The molecular weight excluding hydrogens is 356 g/mol. The average Bonchev–Trinajstić information content (AvgIpc) is 3.07. The van der Waals surface area contributed by atoms with E-state index in [-0.39, 0.29) is 6.10 Å². The lowest BCUT2D eigenvalue weighted by atomic mass is 10.3. The molecule has 25 heavy (non-hydrogen) atoms. The van der Waals surface area contributed by atoms with Gasteiger partial charge in [-0.15, -0.1) is 11.3 Å². The second kappa shape index (κ2) is 10.3. The molecule has 0 bridgehead atoms. The third kappa shape index (κ3) is 6.55. The molecule has 1 atom stereocenters. The van der Waals surface area contributed by atoms with Crippen molar-refractivity contribution in [3.05, 3.63) is 45.4 Å². The van der Waals surface area contributed by atoms with Gasteiger partial charge in [-0.2, -0.15) is 0 Å². The van der Waals surface area contributed by atoms with Crippen molar-refractivity contribution in [2.45, 2.75) is 39.8 Å². The van der Waals surface area contributed by atoms with Crippen LogP contribution in [0.15, 0.2) is 35.5 Å². The van der Waals surface area contributed by atoms with Crippen LogP contribution in [0.5, 0.6) is 5.75 Å². The topological polar surface area (TPSA) is 58.5 Å². The Morgan fingerprint density at radius 3 is 2.80 bits per heavy atom. The minimum Gasteiger partial charge on any atom is -0.487 e. The minimum absolute atomic E-state index is 0.0460. The Kier molecular flexibility index (Phi) is 8.01. The van der Waals surface area contributed by atoms with Gasteiger partial charge in [0.2, 0.25) is 0 Å². The fraction of sp³-hybridized carbons (Fsp3) is 0.444. The average molecular weight is 381 g/mol. The Balaban J connectivity index is 1.87. The molecule has 7 heteroatoms. The number of nitrogens with one attached hydrogen (secondary N) is 2. The van der Waals surface area contributed by atoms with Crippen molar-refractivity contribution in [3.8, 4) is 5.75 Å². The smallest absolute Gasteiger partial charge is 0.191 e. The van der Waals surface area contributed by atoms with Gasteiger partial charge in [-0.1, -0.05) is 30.7 Å². The Hall–Kier alpha value is -1.79. The number of nitrogens with zero attached hydrogens (tertiary/aromatic N) is 2. The van der Waals surface area contributed by atoms with Crippen molar-refractivity contribution >= 4 is 28.9 Å². The number of aliphatic imine (C=N–C) groups is 1. The number of para-hydroxylation sites is 1. The molecule has 2 rings (SSSR count). The van der Waals surface area contributed by atoms with Gasteiger partial charge in [0, 0.05) is 17.6 Å². The number of aryl methyl sites for hydroxylation is 1. The van der Waals surface area contributed by atoms with E-state index < -0.39 is 0 Å². The molecule has 1 heterocycles. The summed E-state index contributed by atoms with van der Waals surface area (Å²) in [4.78, 5) is 10.3. The zero-order chi connectivity index (χ0) is 18.1. The number of halogens is 1. The molecule has 1 aromatic heterocycles. The number of ether oxygens (including phenoxy) is 1. The molecule has 0 saturated carbocycles. The first-order valence-corrected chi connectivity index (χ1v) is 9.68. The second-order valence-electron chi connectivity index (χ2n) is 5.51. The van der Waals surface area contributed by atoms with Crippen molar-refractivity contribution in [2.75, 3.05) is 13.1 Å². The molecule has 0 aliphatic carbocycles. The molecule has 2 N–H and O–H groups in total. The maximum Gasteiger partial charge on any atom is 0.191 e. The number of hydrogen-bond acceptors (Lipinski definition) is 4. The molecule has 5 nitrogen and oxygen atoms in total. The van der Waals surface area contributed by atoms with Crippen molar-refractivity contribution in [3.63, 3.8) is 0 Å². The Morgan fingerprint density at radius 2 is 2.12 bits per heavy atom. The highest BCUT2D eigenvalue weighted by atomic mass is 35.5.